The Morgan fingerprint density at radius 2 is 1.88 bits per heavy atom. The molecule has 0 spiro atoms. The van der Waals surface area contributed by atoms with Crippen molar-refractivity contribution in [1.82, 2.24) is 5.32 Å². The lowest BCUT2D eigenvalue weighted by molar-refractivity contribution is -0.140. The minimum Gasteiger partial charge on any atom is -0.480 e. The van der Waals surface area contributed by atoms with E-state index in [4.69, 9.17) is 5.11 Å². The molecule has 0 saturated carbocycles. The molecular formula is C12H23NO3. The Kier molecular flexibility index (Phi) is 8.58. The number of hydrogen-bond donors (Lipinski definition) is 2. The van der Waals surface area contributed by atoms with Gasteiger partial charge in [-0.2, -0.15) is 0 Å². The van der Waals surface area contributed by atoms with Gasteiger partial charge in [0.25, 0.3) is 0 Å². The SMILES string of the molecule is CCCCCCC.O=C1CC[C@@H](C(=O)O)N1. The summed E-state index contributed by atoms with van der Waals surface area (Å²) < 4.78 is 0. The maximum absolute atomic E-state index is 10.4. The number of hydrogen-bond acceptors (Lipinski definition) is 2. The summed E-state index contributed by atoms with van der Waals surface area (Å²) in [6.07, 6.45) is 7.78. The van der Waals surface area contributed by atoms with E-state index in [-0.39, 0.29) is 5.91 Å². The van der Waals surface area contributed by atoms with Gasteiger partial charge in [0.15, 0.2) is 0 Å². The van der Waals surface area contributed by atoms with Gasteiger partial charge in [-0.15, -0.1) is 0 Å². The van der Waals surface area contributed by atoms with Crippen LogP contribution >= 0.6 is 0 Å². The highest BCUT2D eigenvalue weighted by Gasteiger charge is 2.26. The molecule has 1 saturated heterocycles. The van der Waals surface area contributed by atoms with Crippen molar-refractivity contribution in [2.75, 3.05) is 0 Å². The molecule has 1 heterocycles. The zero-order valence-corrected chi connectivity index (χ0v) is 10.3. The Balaban J connectivity index is 0.000000293. The van der Waals surface area contributed by atoms with E-state index < -0.39 is 12.0 Å². The monoisotopic (exact) mass is 229 g/mol. The van der Waals surface area contributed by atoms with Crippen molar-refractivity contribution in [2.45, 2.75) is 64.8 Å². The summed E-state index contributed by atoms with van der Waals surface area (Å²) in [6.45, 7) is 4.49. The van der Waals surface area contributed by atoms with E-state index in [1.54, 1.807) is 0 Å². The van der Waals surface area contributed by atoms with Crippen molar-refractivity contribution < 1.29 is 14.7 Å². The Morgan fingerprint density at radius 3 is 2.12 bits per heavy atom. The topological polar surface area (TPSA) is 66.4 Å². The minimum atomic E-state index is -0.944. The summed E-state index contributed by atoms with van der Waals surface area (Å²) in [6, 6.07) is -0.641. The van der Waals surface area contributed by atoms with Gasteiger partial charge < -0.3 is 10.4 Å². The molecule has 0 aromatic carbocycles. The zero-order chi connectivity index (χ0) is 12.4. The first-order valence-electron chi connectivity index (χ1n) is 6.14. The van der Waals surface area contributed by atoms with Gasteiger partial charge in [-0.05, 0) is 6.42 Å². The maximum Gasteiger partial charge on any atom is 0.326 e. The van der Waals surface area contributed by atoms with Crippen LogP contribution in [0.5, 0.6) is 0 Å². The smallest absolute Gasteiger partial charge is 0.326 e. The van der Waals surface area contributed by atoms with E-state index >= 15 is 0 Å². The van der Waals surface area contributed by atoms with Crippen molar-refractivity contribution in [3.05, 3.63) is 0 Å². The van der Waals surface area contributed by atoms with Gasteiger partial charge in [0.1, 0.15) is 6.04 Å². The largest absolute Gasteiger partial charge is 0.480 e. The van der Waals surface area contributed by atoms with E-state index in [1.807, 2.05) is 0 Å². The van der Waals surface area contributed by atoms with Crippen molar-refractivity contribution >= 4 is 11.9 Å². The van der Waals surface area contributed by atoms with Gasteiger partial charge in [-0.25, -0.2) is 4.79 Å². The first kappa shape index (κ1) is 14.9. The number of carbonyl (C=O) groups excluding carboxylic acids is 1. The number of carboxylic acids is 1. The fraction of sp³-hybridized carbons (Fsp3) is 0.833. The number of rotatable bonds is 5. The Bertz CT molecular complexity index is 212. The first-order chi connectivity index (χ1) is 7.61. The van der Waals surface area contributed by atoms with Crippen LogP contribution in [0.4, 0.5) is 0 Å². The summed E-state index contributed by atoms with van der Waals surface area (Å²) >= 11 is 0. The number of carbonyl (C=O) groups is 2. The van der Waals surface area contributed by atoms with Crippen LogP contribution in [0.1, 0.15) is 58.8 Å². The molecule has 1 aliphatic heterocycles. The van der Waals surface area contributed by atoms with Crippen LogP contribution in [0.2, 0.25) is 0 Å². The lowest BCUT2D eigenvalue weighted by Crippen LogP contribution is -2.32. The van der Waals surface area contributed by atoms with Crippen LogP contribution in [0.15, 0.2) is 0 Å². The van der Waals surface area contributed by atoms with Crippen molar-refractivity contribution in [3.8, 4) is 0 Å². The third kappa shape index (κ3) is 7.26. The molecule has 0 bridgehead atoms. The van der Waals surface area contributed by atoms with Crippen molar-refractivity contribution in [1.29, 1.82) is 0 Å². The highest BCUT2D eigenvalue weighted by atomic mass is 16.4. The molecule has 0 aromatic rings. The number of amides is 1. The second-order valence-electron chi connectivity index (χ2n) is 4.06. The van der Waals surface area contributed by atoms with Gasteiger partial charge in [-0.3, -0.25) is 4.79 Å². The molecule has 4 nitrogen and oxygen atoms in total. The number of aliphatic carboxylic acids is 1. The third-order valence-corrected chi connectivity index (χ3v) is 2.50. The van der Waals surface area contributed by atoms with Crippen LogP contribution in [0.25, 0.3) is 0 Å². The summed E-state index contributed by atoms with van der Waals surface area (Å²) in [5.41, 5.74) is 0. The molecule has 1 atom stereocenters. The molecule has 0 aliphatic carbocycles. The quantitative estimate of drug-likeness (QED) is 0.711. The maximum atomic E-state index is 10.4. The average molecular weight is 229 g/mol. The molecule has 16 heavy (non-hydrogen) atoms. The zero-order valence-electron chi connectivity index (χ0n) is 10.3. The summed E-state index contributed by atoms with van der Waals surface area (Å²) in [7, 11) is 0. The molecule has 94 valence electrons. The van der Waals surface area contributed by atoms with Crippen LogP contribution in [-0.2, 0) is 9.59 Å². The molecule has 4 heteroatoms. The minimum absolute atomic E-state index is 0.164. The lowest BCUT2D eigenvalue weighted by atomic mass is 10.2. The molecule has 0 aromatic heterocycles. The number of unbranched alkanes of at least 4 members (excludes halogenated alkanes) is 4. The fourth-order valence-electron chi connectivity index (χ4n) is 1.48. The van der Waals surface area contributed by atoms with E-state index in [9.17, 15) is 9.59 Å². The van der Waals surface area contributed by atoms with E-state index in [0.29, 0.717) is 12.8 Å². The van der Waals surface area contributed by atoms with Gasteiger partial charge in [0.2, 0.25) is 5.91 Å². The highest BCUT2D eigenvalue weighted by Crippen LogP contribution is 2.05. The normalized spacial score (nSPS) is 18.6. The summed E-state index contributed by atoms with van der Waals surface area (Å²) in [4.78, 5) is 20.5. The lowest BCUT2D eigenvalue weighted by Gasteiger charge is -1.99. The fourth-order valence-corrected chi connectivity index (χ4v) is 1.48. The van der Waals surface area contributed by atoms with E-state index in [1.165, 1.54) is 32.1 Å². The Labute approximate surface area is 97.4 Å². The second kappa shape index (κ2) is 9.19. The van der Waals surface area contributed by atoms with Gasteiger partial charge >= 0.3 is 5.97 Å². The molecule has 1 fully saturated rings. The van der Waals surface area contributed by atoms with Crippen molar-refractivity contribution in [3.63, 3.8) is 0 Å². The third-order valence-electron chi connectivity index (χ3n) is 2.50. The van der Waals surface area contributed by atoms with Crippen molar-refractivity contribution in [2.24, 2.45) is 0 Å². The first-order valence-corrected chi connectivity index (χ1v) is 6.14. The molecule has 1 amide bonds. The Morgan fingerprint density at radius 1 is 1.31 bits per heavy atom. The van der Waals surface area contributed by atoms with Gasteiger partial charge in [0, 0.05) is 6.42 Å². The van der Waals surface area contributed by atoms with Crippen LogP contribution < -0.4 is 5.32 Å². The standard InChI is InChI=1S/C7H16.C5H7NO3/c1-3-5-7-6-4-2;7-4-2-1-3(6-4)5(8)9/h3-7H2,1-2H3;3H,1-2H2,(H,6,7)(H,8,9)/t;3-/m.0/s1. The van der Waals surface area contributed by atoms with Crippen LogP contribution in [-0.4, -0.2) is 23.0 Å². The summed E-state index contributed by atoms with van der Waals surface area (Å²) in [5.74, 6) is -1.11. The van der Waals surface area contributed by atoms with Crippen LogP contribution in [0, 0.1) is 0 Å². The van der Waals surface area contributed by atoms with Crippen LogP contribution in [0.3, 0.4) is 0 Å². The molecular weight excluding hydrogens is 206 g/mol. The molecule has 2 N–H and O–H groups in total. The number of carboxylic acid groups (broad SMARTS) is 1. The molecule has 1 aliphatic rings. The van der Waals surface area contributed by atoms with E-state index in [0.717, 1.165) is 0 Å². The molecule has 0 radical (unpaired) electrons. The highest BCUT2D eigenvalue weighted by molar-refractivity contribution is 5.87. The molecule has 0 unspecified atom stereocenters. The molecule has 1 rings (SSSR count). The van der Waals surface area contributed by atoms with E-state index in [2.05, 4.69) is 19.2 Å². The Hall–Kier alpha value is -1.06. The van der Waals surface area contributed by atoms with Gasteiger partial charge in [0.05, 0.1) is 0 Å². The average Bonchev–Trinajstić information content (AvgIpc) is 2.67. The second-order valence-corrected chi connectivity index (χ2v) is 4.06. The number of nitrogens with one attached hydrogen (secondary N) is 1. The van der Waals surface area contributed by atoms with Gasteiger partial charge in [-0.1, -0.05) is 46.0 Å². The predicted octanol–water partition coefficient (Wildman–Crippen LogP) is 2.33. The summed E-state index contributed by atoms with van der Waals surface area (Å²) in [5, 5.41) is 10.6. The predicted molar refractivity (Wildman–Crippen MR) is 63.2 cm³/mol.